The van der Waals surface area contributed by atoms with Gasteiger partial charge in [0.15, 0.2) is 0 Å². The lowest BCUT2D eigenvalue weighted by Gasteiger charge is -2.29. The van der Waals surface area contributed by atoms with E-state index in [0.29, 0.717) is 12.0 Å². The Morgan fingerprint density at radius 3 is 2.73 bits per heavy atom. The van der Waals surface area contributed by atoms with E-state index in [1.807, 2.05) is 4.90 Å². The van der Waals surface area contributed by atoms with E-state index in [-0.39, 0.29) is 11.9 Å². The van der Waals surface area contributed by atoms with Crippen molar-refractivity contribution in [2.24, 2.45) is 11.7 Å². The van der Waals surface area contributed by atoms with Crippen LogP contribution in [0.1, 0.15) is 46.5 Å². The lowest BCUT2D eigenvalue weighted by Crippen LogP contribution is -2.47. The average Bonchev–Trinajstić information content (AvgIpc) is 2.65. The molecule has 1 amide bonds. The normalized spacial score (nSPS) is 23.5. The van der Waals surface area contributed by atoms with Crippen molar-refractivity contribution in [3.05, 3.63) is 0 Å². The Hall–Kier alpha value is -0.570. The fourth-order valence-corrected chi connectivity index (χ4v) is 2.41. The van der Waals surface area contributed by atoms with E-state index in [1.54, 1.807) is 0 Å². The number of likely N-dealkylation sites (tertiary alicyclic amines) is 1. The maximum Gasteiger partial charge on any atom is 0.239 e. The summed E-state index contributed by atoms with van der Waals surface area (Å²) >= 11 is 0. The van der Waals surface area contributed by atoms with Crippen LogP contribution in [0.15, 0.2) is 0 Å². The van der Waals surface area contributed by atoms with E-state index in [9.17, 15) is 4.79 Å². The summed E-state index contributed by atoms with van der Waals surface area (Å²) in [6.45, 7) is 7.33. The predicted molar refractivity (Wildman–Crippen MR) is 62.5 cm³/mol. The van der Waals surface area contributed by atoms with Crippen molar-refractivity contribution in [3.63, 3.8) is 0 Å². The quantitative estimate of drug-likeness (QED) is 0.772. The minimum atomic E-state index is -0.283. The van der Waals surface area contributed by atoms with Crippen LogP contribution >= 0.6 is 0 Å². The Kier molecular flexibility index (Phi) is 4.58. The van der Waals surface area contributed by atoms with Gasteiger partial charge in [-0.05, 0) is 25.2 Å². The van der Waals surface area contributed by atoms with Crippen molar-refractivity contribution in [2.75, 3.05) is 6.54 Å². The Morgan fingerprint density at radius 1 is 1.53 bits per heavy atom. The molecular weight excluding hydrogens is 188 g/mol. The summed E-state index contributed by atoms with van der Waals surface area (Å²) < 4.78 is 0. The third kappa shape index (κ3) is 2.94. The van der Waals surface area contributed by atoms with Gasteiger partial charge in [0, 0.05) is 12.6 Å². The summed E-state index contributed by atoms with van der Waals surface area (Å²) in [6, 6.07) is 0.134. The molecule has 1 aliphatic rings. The molecule has 1 fully saturated rings. The highest BCUT2D eigenvalue weighted by atomic mass is 16.2. The van der Waals surface area contributed by atoms with Gasteiger partial charge in [0.05, 0.1) is 6.04 Å². The molecule has 15 heavy (non-hydrogen) atoms. The zero-order valence-corrected chi connectivity index (χ0v) is 10.2. The highest BCUT2D eigenvalue weighted by Crippen LogP contribution is 2.24. The molecule has 0 aromatic rings. The lowest BCUT2D eigenvalue weighted by molar-refractivity contribution is -0.134. The SMILES string of the molecule is CCC[C@@H](N)C(=O)N1CCCC1C(C)C. The zero-order valence-electron chi connectivity index (χ0n) is 10.2. The summed E-state index contributed by atoms with van der Waals surface area (Å²) in [7, 11) is 0. The van der Waals surface area contributed by atoms with Gasteiger partial charge < -0.3 is 10.6 Å². The first kappa shape index (κ1) is 12.5. The lowest BCUT2D eigenvalue weighted by atomic mass is 10.0. The molecule has 1 saturated heterocycles. The van der Waals surface area contributed by atoms with E-state index < -0.39 is 0 Å². The fraction of sp³-hybridized carbons (Fsp3) is 0.917. The minimum absolute atomic E-state index is 0.160. The van der Waals surface area contributed by atoms with Crippen LogP contribution in [0.2, 0.25) is 0 Å². The molecule has 3 nitrogen and oxygen atoms in total. The molecule has 0 aromatic heterocycles. The van der Waals surface area contributed by atoms with Crippen LogP contribution in [-0.4, -0.2) is 29.4 Å². The number of amides is 1. The summed E-state index contributed by atoms with van der Waals surface area (Å²) in [5.74, 6) is 0.707. The monoisotopic (exact) mass is 212 g/mol. The molecule has 1 aliphatic heterocycles. The second-order valence-corrected chi connectivity index (χ2v) is 4.88. The molecule has 0 saturated carbocycles. The van der Waals surface area contributed by atoms with Crippen LogP contribution in [0.25, 0.3) is 0 Å². The first-order chi connectivity index (χ1) is 7.07. The number of hydrogen-bond acceptors (Lipinski definition) is 2. The van der Waals surface area contributed by atoms with Gasteiger partial charge in [0.2, 0.25) is 5.91 Å². The van der Waals surface area contributed by atoms with Crippen LogP contribution in [0.4, 0.5) is 0 Å². The molecule has 1 rings (SSSR count). The number of carbonyl (C=O) groups excluding carboxylic acids is 1. The molecule has 1 unspecified atom stereocenters. The van der Waals surface area contributed by atoms with Gasteiger partial charge in [-0.15, -0.1) is 0 Å². The number of nitrogens with two attached hydrogens (primary N) is 1. The molecule has 0 aromatic carbocycles. The third-order valence-electron chi connectivity index (χ3n) is 3.27. The first-order valence-corrected chi connectivity index (χ1v) is 6.14. The Morgan fingerprint density at radius 2 is 2.20 bits per heavy atom. The van der Waals surface area contributed by atoms with Gasteiger partial charge in [-0.25, -0.2) is 0 Å². The Bertz CT molecular complexity index is 216. The van der Waals surface area contributed by atoms with Gasteiger partial charge >= 0.3 is 0 Å². The molecule has 1 heterocycles. The molecule has 0 aliphatic carbocycles. The molecular formula is C12H24N2O. The van der Waals surface area contributed by atoms with Gasteiger partial charge in [-0.3, -0.25) is 4.79 Å². The second-order valence-electron chi connectivity index (χ2n) is 4.88. The van der Waals surface area contributed by atoms with E-state index >= 15 is 0 Å². The van der Waals surface area contributed by atoms with Crippen LogP contribution in [0.5, 0.6) is 0 Å². The number of nitrogens with zero attached hydrogens (tertiary/aromatic N) is 1. The molecule has 0 radical (unpaired) electrons. The molecule has 0 bridgehead atoms. The summed E-state index contributed by atoms with van der Waals surface area (Å²) in [4.78, 5) is 14.1. The molecule has 3 heteroatoms. The maximum absolute atomic E-state index is 12.1. The van der Waals surface area contributed by atoms with E-state index in [2.05, 4.69) is 20.8 Å². The zero-order chi connectivity index (χ0) is 11.4. The van der Waals surface area contributed by atoms with Crippen molar-refractivity contribution in [2.45, 2.75) is 58.5 Å². The summed E-state index contributed by atoms with van der Waals surface area (Å²) in [6.07, 6.45) is 4.06. The predicted octanol–water partition coefficient (Wildman–Crippen LogP) is 1.76. The largest absolute Gasteiger partial charge is 0.338 e. The number of rotatable bonds is 4. The van der Waals surface area contributed by atoms with E-state index in [4.69, 9.17) is 5.73 Å². The van der Waals surface area contributed by atoms with Crippen molar-refractivity contribution >= 4 is 5.91 Å². The number of hydrogen-bond donors (Lipinski definition) is 1. The standard InChI is InChI=1S/C12H24N2O/c1-4-6-10(13)12(15)14-8-5-7-11(14)9(2)3/h9-11H,4-8,13H2,1-3H3/t10-,11?/m1/s1. The Balaban J connectivity index is 2.58. The van der Waals surface area contributed by atoms with Gasteiger partial charge in [0.25, 0.3) is 0 Å². The third-order valence-corrected chi connectivity index (χ3v) is 3.27. The second kappa shape index (κ2) is 5.50. The first-order valence-electron chi connectivity index (χ1n) is 6.14. The smallest absolute Gasteiger partial charge is 0.239 e. The van der Waals surface area contributed by atoms with Crippen LogP contribution in [0, 0.1) is 5.92 Å². The molecule has 2 N–H and O–H groups in total. The average molecular weight is 212 g/mol. The number of carbonyl (C=O) groups is 1. The summed E-state index contributed by atoms with van der Waals surface area (Å²) in [5, 5.41) is 0. The highest BCUT2D eigenvalue weighted by molar-refractivity contribution is 5.82. The minimum Gasteiger partial charge on any atom is -0.338 e. The molecule has 2 atom stereocenters. The van der Waals surface area contributed by atoms with Gasteiger partial charge in [0.1, 0.15) is 0 Å². The van der Waals surface area contributed by atoms with Crippen molar-refractivity contribution < 1.29 is 4.79 Å². The van der Waals surface area contributed by atoms with Gasteiger partial charge in [-0.2, -0.15) is 0 Å². The van der Waals surface area contributed by atoms with Crippen molar-refractivity contribution in [1.82, 2.24) is 4.90 Å². The Labute approximate surface area is 93.0 Å². The van der Waals surface area contributed by atoms with Crippen LogP contribution in [-0.2, 0) is 4.79 Å². The van der Waals surface area contributed by atoms with Crippen LogP contribution < -0.4 is 5.73 Å². The van der Waals surface area contributed by atoms with E-state index in [1.165, 1.54) is 0 Å². The topological polar surface area (TPSA) is 46.3 Å². The van der Waals surface area contributed by atoms with Crippen molar-refractivity contribution in [3.8, 4) is 0 Å². The molecule has 88 valence electrons. The fourth-order valence-electron chi connectivity index (χ4n) is 2.41. The summed E-state index contributed by atoms with van der Waals surface area (Å²) in [5.41, 5.74) is 5.88. The molecule has 0 spiro atoms. The van der Waals surface area contributed by atoms with E-state index in [0.717, 1.165) is 32.2 Å². The van der Waals surface area contributed by atoms with Crippen molar-refractivity contribution in [1.29, 1.82) is 0 Å². The van der Waals surface area contributed by atoms with Crippen LogP contribution in [0.3, 0.4) is 0 Å². The maximum atomic E-state index is 12.1. The van der Waals surface area contributed by atoms with Gasteiger partial charge in [-0.1, -0.05) is 27.2 Å². The highest BCUT2D eigenvalue weighted by Gasteiger charge is 2.32.